The van der Waals surface area contributed by atoms with E-state index in [2.05, 4.69) is 29.4 Å². The first-order chi connectivity index (χ1) is 9.96. The summed E-state index contributed by atoms with van der Waals surface area (Å²) in [5.74, 6) is -1.02. The maximum atomic E-state index is 11.9. The van der Waals surface area contributed by atoms with Crippen LogP contribution >= 0.6 is 0 Å². The van der Waals surface area contributed by atoms with Crippen LogP contribution < -0.4 is 10.6 Å². The molecule has 116 valence electrons. The number of aromatic carboxylic acids is 1. The second-order valence-corrected chi connectivity index (χ2v) is 4.87. The Balaban J connectivity index is 2.53. The predicted octanol–water partition coefficient (Wildman–Crippen LogP) is 2.24. The molecule has 0 fully saturated rings. The van der Waals surface area contributed by atoms with Crippen molar-refractivity contribution in [3.63, 3.8) is 0 Å². The molecule has 6 nitrogen and oxygen atoms in total. The van der Waals surface area contributed by atoms with Crippen molar-refractivity contribution in [2.24, 2.45) is 0 Å². The zero-order valence-electron chi connectivity index (χ0n) is 12.7. The van der Waals surface area contributed by atoms with Gasteiger partial charge in [0, 0.05) is 18.3 Å². The van der Waals surface area contributed by atoms with Gasteiger partial charge >= 0.3 is 12.0 Å². The molecule has 0 saturated heterocycles. The fourth-order valence-corrected chi connectivity index (χ4v) is 2.04. The molecule has 0 saturated carbocycles. The van der Waals surface area contributed by atoms with Crippen molar-refractivity contribution >= 4 is 17.7 Å². The third kappa shape index (κ3) is 5.83. The first kappa shape index (κ1) is 17.0. The lowest BCUT2D eigenvalue weighted by Crippen LogP contribution is -2.43. The quantitative estimate of drug-likeness (QED) is 0.720. The van der Waals surface area contributed by atoms with Gasteiger partial charge in [-0.1, -0.05) is 19.9 Å². The second kappa shape index (κ2) is 8.26. The predicted molar refractivity (Wildman–Crippen MR) is 82.8 cm³/mol. The first-order valence-corrected chi connectivity index (χ1v) is 7.09. The SMILES string of the molecule is CCN(CC)CC(C)NC(=O)Nc1cccc(C(=O)O)c1. The highest BCUT2D eigenvalue weighted by Gasteiger charge is 2.11. The molecule has 0 aromatic heterocycles. The van der Waals surface area contributed by atoms with Crippen molar-refractivity contribution in [1.82, 2.24) is 10.2 Å². The van der Waals surface area contributed by atoms with Crippen molar-refractivity contribution in [3.8, 4) is 0 Å². The van der Waals surface area contributed by atoms with E-state index in [9.17, 15) is 9.59 Å². The zero-order chi connectivity index (χ0) is 15.8. The number of benzene rings is 1. The lowest BCUT2D eigenvalue weighted by atomic mass is 10.2. The molecule has 1 unspecified atom stereocenters. The standard InChI is InChI=1S/C15H23N3O3/c1-4-18(5-2)10-11(3)16-15(21)17-13-8-6-7-12(9-13)14(19)20/h6-9,11H,4-5,10H2,1-3H3,(H,19,20)(H2,16,17,21). The lowest BCUT2D eigenvalue weighted by Gasteiger charge is -2.23. The van der Waals surface area contributed by atoms with E-state index in [-0.39, 0.29) is 17.6 Å². The van der Waals surface area contributed by atoms with Gasteiger partial charge in [0.05, 0.1) is 5.56 Å². The van der Waals surface area contributed by atoms with Gasteiger partial charge < -0.3 is 20.6 Å². The number of nitrogens with one attached hydrogen (secondary N) is 2. The molecule has 0 radical (unpaired) electrons. The largest absolute Gasteiger partial charge is 0.478 e. The average molecular weight is 293 g/mol. The van der Waals surface area contributed by atoms with Crippen LogP contribution in [-0.2, 0) is 0 Å². The van der Waals surface area contributed by atoms with Gasteiger partial charge in [0.2, 0.25) is 0 Å². The summed E-state index contributed by atoms with van der Waals surface area (Å²) in [6.45, 7) is 8.73. The minimum atomic E-state index is -1.02. The molecule has 0 aliphatic rings. The van der Waals surface area contributed by atoms with Gasteiger partial charge in [0.25, 0.3) is 0 Å². The Labute approximate surface area is 125 Å². The molecule has 0 aliphatic heterocycles. The van der Waals surface area contributed by atoms with E-state index >= 15 is 0 Å². The van der Waals surface area contributed by atoms with E-state index in [4.69, 9.17) is 5.11 Å². The normalized spacial score (nSPS) is 12.0. The molecule has 1 aromatic rings. The lowest BCUT2D eigenvalue weighted by molar-refractivity contribution is 0.0697. The van der Waals surface area contributed by atoms with Crippen LogP contribution in [0.4, 0.5) is 10.5 Å². The van der Waals surface area contributed by atoms with Gasteiger partial charge in [-0.05, 0) is 38.2 Å². The van der Waals surface area contributed by atoms with Gasteiger partial charge in [0.15, 0.2) is 0 Å². The fraction of sp³-hybridized carbons (Fsp3) is 0.467. The number of carboxylic acid groups (broad SMARTS) is 1. The maximum absolute atomic E-state index is 11.9. The maximum Gasteiger partial charge on any atom is 0.335 e. The van der Waals surface area contributed by atoms with Crippen LogP contribution in [0.2, 0.25) is 0 Å². The van der Waals surface area contributed by atoms with Gasteiger partial charge in [0.1, 0.15) is 0 Å². The minimum absolute atomic E-state index is 0.00700. The van der Waals surface area contributed by atoms with Gasteiger partial charge in [-0.15, -0.1) is 0 Å². The van der Waals surface area contributed by atoms with Crippen LogP contribution in [0.5, 0.6) is 0 Å². The third-order valence-corrected chi connectivity index (χ3v) is 3.17. The van der Waals surface area contributed by atoms with Gasteiger partial charge in [-0.2, -0.15) is 0 Å². The van der Waals surface area contributed by atoms with E-state index in [1.807, 2.05) is 6.92 Å². The molecule has 6 heteroatoms. The van der Waals surface area contributed by atoms with Crippen LogP contribution in [-0.4, -0.2) is 47.7 Å². The monoisotopic (exact) mass is 293 g/mol. The summed E-state index contributed by atoms with van der Waals surface area (Å²) in [5, 5.41) is 14.4. The summed E-state index contributed by atoms with van der Waals surface area (Å²) < 4.78 is 0. The molecule has 0 heterocycles. The van der Waals surface area contributed by atoms with Crippen molar-refractivity contribution in [2.45, 2.75) is 26.8 Å². The number of amides is 2. The van der Waals surface area contributed by atoms with E-state index < -0.39 is 5.97 Å². The highest BCUT2D eigenvalue weighted by molar-refractivity contribution is 5.93. The molecule has 3 N–H and O–H groups in total. The number of anilines is 1. The molecule has 21 heavy (non-hydrogen) atoms. The van der Waals surface area contributed by atoms with Crippen LogP contribution in [0.1, 0.15) is 31.1 Å². The molecular formula is C15H23N3O3. The fourth-order valence-electron chi connectivity index (χ4n) is 2.04. The molecule has 0 spiro atoms. The summed E-state index contributed by atoms with van der Waals surface area (Å²) in [4.78, 5) is 25.0. The number of hydrogen-bond donors (Lipinski definition) is 3. The summed E-state index contributed by atoms with van der Waals surface area (Å²) in [5.41, 5.74) is 0.603. The van der Waals surface area contributed by atoms with E-state index in [1.165, 1.54) is 12.1 Å². The molecule has 2 amide bonds. The highest BCUT2D eigenvalue weighted by Crippen LogP contribution is 2.10. The Morgan fingerprint density at radius 2 is 1.95 bits per heavy atom. The number of carbonyl (C=O) groups is 2. The topological polar surface area (TPSA) is 81.7 Å². The molecule has 0 aliphatic carbocycles. The number of hydrogen-bond acceptors (Lipinski definition) is 3. The van der Waals surface area contributed by atoms with Crippen molar-refractivity contribution < 1.29 is 14.7 Å². The summed E-state index contributed by atoms with van der Waals surface area (Å²) in [6, 6.07) is 5.83. The van der Waals surface area contributed by atoms with E-state index in [0.29, 0.717) is 5.69 Å². The number of urea groups is 1. The smallest absolute Gasteiger partial charge is 0.335 e. The summed E-state index contributed by atoms with van der Waals surface area (Å²) in [7, 11) is 0. The number of nitrogens with zero attached hydrogens (tertiary/aromatic N) is 1. The van der Waals surface area contributed by atoms with Crippen molar-refractivity contribution in [1.29, 1.82) is 0 Å². The van der Waals surface area contributed by atoms with E-state index in [1.54, 1.807) is 12.1 Å². The summed E-state index contributed by atoms with van der Waals surface area (Å²) in [6.07, 6.45) is 0. The van der Waals surface area contributed by atoms with Crippen molar-refractivity contribution in [3.05, 3.63) is 29.8 Å². The molecule has 1 rings (SSSR count). The minimum Gasteiger partial charge on any atom is -0.478 e. The number of likely N-dealkylation sites (N-methyl/N-ethyl adjacent to an activating group) is 1. The first-order valence-electron chi connectivity index (χ1n) is 7.09. The van der Waals surface area contributed by atoms with Crippen molar-refractivity contribution in [2.75, 3.05) is 25.0 Å². The Morgan fingerprint density at radius 3 is 2.52 bits per heavy atom. The van der Waals surface area contributed by atoms with Gasteiger partial charge in [-0.25, -0.2) is 9.59 Å². The average Bonchev–Trinajstić information content (AvgIpc) is 2.44. The Morgan fingerprint density at radius 1 is 1.29 bits per heavy atom. The van der Waals surface area contributed by atoms with Crippen LogP contribution in [0.25, 0.3) is 0 Å². The second-order valence-electron chi connectivity index (χ2n) is 4.87. The number of carboxylic acids is 1. The number of rotatable bonds is 7. The van der Waals surface area contributed by atoms with Crippen LogP contribution in [0, 0.1) is 0 Å². The molecular weight excluding hydrogens is 270 g/mol. The summed E-state index contributed by atoms with van der Waals surface area (Å²) >= 11 is 0. The Hall–Kier alpha value is -2.08. The Kier molecular flexibility index (Phi) is 6.68. The molecule has 1 aromatic carbocycles. The van der Waals surface area contributed by atoms with Crippen LogP contribution in [0.3, 0.4) is 0 Å². The third-order valence-electron chi connectivity index (χ3n) is 3.17. The number of carbonyl (C=O) groups excluding carboxylic acids is 1. The molecule has 1 atom stereocenters. The van der Waals surface area contributed by atoms with Crippen LogP contribution in [0.15, 0.2) is 24.3 Å². The Bertz CT molecular complexity index is 487. The van der Waals surface area contributed by atoms with Gasteiger partial charge in [-0.3, -0.25) is 0 Å². The molecule has 0 bridgehead atoms. The van der Waals surface area contributed by atoms with E-state index in [0.717, 1.165) is 19.6 Å². The zero-order valence-corrected chi connectivity index (χ0v) is 12.7. The highest BCUT2D eigenvalue weighted by atomic mass is 16.4.